The number of halogens is 2. The van der Waals surface area contributed by atoms with E-state index in [0.717, 1.165) is 44.7 Å². The first-order valence-corrected chi connectivity index (χ1v) is 7.10. The Bertz CT molecular complexity index is 467. The minimum atomic E-state index is 0.146. The van der Waals surface area contributed by atoms with Crippen molar-refractivity contribution in [2.24, 2.45) is 0 Å². The molecule has 0 N–H and O–H groups in total. The van der Waals surface area contributed by atoms with Gasteiger partial charge in [-0.15, -0.1) is 0 Å². The van der Waals surface area contributed by atoms with Crippen LogP contribution in [0, 0.1) is 0 Å². The predicted octanol–water partition coefficient (Wildman–Crippen LogP) is 2.44. The van der Waals surface area contributed by atoms with E-state index in [1.54, 1.807) is 13.0 Å². The fourth-order valence-corrected chi connectivity index (χ4v) is 2.65. The first-order valence-electron chi connectivity index (χ1n) is 6.35. The molecule has 104 valence electrons. The van der Waals surface area contributed by atoms with Crippen molar-refractivity contribution in [1.29, 1.82) is 0 Å². The van der Waals surface area contributed by atoms with Crippen LogP contribution in [0.3, 0.4) is 0 Å². The van der Waals surface area contributed by atoms with Crippen molar-refractivity contribution < 1.29 is 4.79 Å². The fourth-order valence-electron chi connectivity index (χ4n) is 2.24. The van der Waals surface area contributed by atoms with Gasteiger partial charge in [0.25, 0.3) is 0 Å². The Balaban J connectivity index is 1.97. The van der Waals surface area contributed by atoms with Gasteiger partial charge in [0.1, 0.15) is 10.3 Å². The minimum Gasteiger partial charge on any atom is -0.342 e. The summed E-state index contributed by atoms with van der Waals surface area (Å²) in [7, 11) is 0. The Hall–Kier alpha value is -0.840. The summed E-state index contributed by atoms with van der Waals surface area (Å²) in [5.74, 6) is 0.146. The maximum absolute atomic E-state index is 11.4. The molecule has 19 heavy (non-hydrogen) atoms. The lowest BCUT2D eigenvalue weighted by Gasteiger charge is -2.21. The lowest BCUT2D eigenvalue weighted by atomic mass is 10.2. The van der Waals surface area contributed by atoms with Crippen LogP contribution in [0.5, 0.6) is 0 Å². The summed E-state index contributed by atoms with van der Waals surface area (Å²) in [5.41, 5.74) is 0.974. The molecule has 1 amide bonds. The monoisotopic (exact) mass is 301 g/mol. The molecule has 1 fully saturated rings. The summed E-state index contributed by atoms with van der Waals surface area (Å²) in [6.07, 6.45) is 0.984. The molecule has 6 heteroatoms. The number of nitrogens with zero attached hydrogens (tertiary/aromatic N) is 3. The van der Waals surface area contributed by atoms with Crippen LogP contribution in [0.4, 0.5) is 0 Å². The van der Waals surface area contributed by atoms with Gasteiger partial charge in [0.15, 0.2) is 0 Å². The molecule has 1 aliphatic heterocycles. The number of carbonyl (C=O) groups is 1. The van der Waals surface area contributed by atoms with E-state index in [1.165, 1.54) is 0 Å². The van der Waals surface area contributed by atoms with Crippen LogP contribution < -0.4 is 0 Å². The third-order valence-electron chi connectivity index (χ3n) is 3.32. The Kier molecular flexibility index (Phi) is 5.02. The zero-order valence-electron chi connectivity index (χ0n) is 10.9. The fraction of sp³-hybridized carbons (Fsp3) is 0.538. The molecule has 2 heterocycles. The van der Waals surface area contributed by atoms with Gasteiger partial charge < -0.3 is 4.90 Å². The summed E-state index contributed by atoms with van der Waals surface area (Å²) >= 11 is 11.9. The molecule has 0 radical (unpaired) electrons. The molecule has 2 rings (SSSR count). The van der Waals surface area contributed by atoms with Gasteiger partial charge in [-0.05, 0) is 12.5 Å². The summed E-state index contributed by atoms with van der Waals surface area (Å²) in [5, 5.41) is 0.868. The van der Waals surface area contributed by atoms with Gasteiger partial charge in [-0.1, -0.05) is 29.3 Å². The number of hydrogen-bond donors (Lipinski definition) is 0. The van der Waals surface area contributed by atoms with E-state index in [2.05, 4.69) is 9.88 Å². The third-order valence-corrected chi connectivity index (χ3v) is 3.86. The number of carbonyl (C=O) groups excluding carboxylic acids is 1. The average molecular weight is 302 g/mol. The Morgan fingerprint density at radius 1 is 1.26 bits per heavy atom. The quantitative estimate of drug-likeness (QED) is 0.787. The van der Waals surface area contributed by atoms with Gasteiger partial charge in [0.05, 0.1) is 0 Å². The molecule has 0 bridgehead atoms. The number of aromatic nitrogens is 1. The molecule has 0 spiro atoms. The number of rotatable bonds is 2. The highest BCUT2D eigenvalue weighted by Gasteiger charge is 2.17. The van der Waals surface area contributed by atoms with E-state index in [4.69, 9.17) is 23.2 Å². The van der Waals surface area contributed by atoms with Gasteiger partial charge in [-0.3, -0.25) is 9.69 Å². The van der Waals surface area contributed by atoms with E-state index < -0.39 is 0 Å². The Morgan fingerprint density at radius 3 is 2.74 bits per heavy atom. The van der Waals surface area contributed by atoms with E-state index in [1.807, 2.05) is 11.0 Å². The Labute approximate surface area is 123 Å². The molecule has 1 aliphatic rings. The van der Waals surface area contributed by atoms with Crippen molar-refractivity contribution in [3.05, 3.63) is 28.0 Å². The first kappa shape index (κ1) is 14.6. The van der Waals surface area contributed by atoms with Gasteiger partial charge in [-0.25, -0.2) is 4.98 Å². The van der Waals surface area contributed by atoms with Crippen molar-refractivity contribution in [2.75, 3.05) is 26.2 Å². The predicted molar refractivity (Wildman–Crippen MR) is 76.4 cm³/mol. The van der Waals surface area contributed by atoms with E-state index in [9.17, 15) is 4.79 Å². The van der Waals surface area contributed by atoms with Crippen molar-refractivity contribution >= 4 is 29.1 Å². The van der Waals surface area contributed by atoms with Crippen molar-refractivity contribution in [3.63, 3.8) is 0 Å². The van der Waals surface area contributed by atoms with Crippen LogP contribution in [0.25, 0.3) is 0 Å². The smallest absolute Gasteiger partial charge is 0.219 e. The normalized spacial score (nSPS) is 17.3. The highest BCUT2D eigenvalue weighted by atomic mass is 35.5. The summed E-state index contributed by atoms with van der Waals surface area (Å²) < 4.78 is 0. The van der Waals surface area contributed by atoms with E-state index >= 15 is 0 Å². The van der Waals surface area contributed by atoms with Crippen LogP contribution in [0.15, 0.2) is 12.1 Å². The molecular weight excluding hydrogens is 285 g/mol. The standard InChI is InChI=1S/C13H17Cl2N3O/c1-10(19)18-6-2-5-17(7-8-18)9-11-3-4-12(14)16-13(11)15/h3-4H,2,5-9H2,1H3. The van der Waals surface area contributed by atoms with Crippen LogP contribution in [-0.2, 0) is 11.3 Å². The summed E-state index contributed by atoms with van der Waals surface area (Å²) in [4.78, 5) is 19.6. The van der Waals surface area contributed by atoms with Crippen LogP contribution >= 0.6 is 23.2 Å². The van der Waals surface area contributed by atoms with Crippen molar-refractivity contribution in [2.45, 2.75) is 19.9 Å². The lowest BCUT2D eigenvalue weighted by Crippen LogP contribution is -2.33. The number of amides is 1. The molecule has 0 aromatic carbocycles. The van der Waals surface area contributed by atoms with Crippen LogP contribution in [0.2, 0.25) is 10.3 Å². The van der Waals surface area contributed by atoms with E-state index in [0.29, 0.717) is 10.3 Å². The molecular formula is C13H17Cl2N3O. The van der Waals surface area contributed by atoms with Gasteiger partial charge in [-0.2, -0.15) is 0 Å². The summed E-state index contributed by atoms with van der Waals surface area (Å²) in [6.45, 7) is 5.79. The molecule has 1 aromatic heterocycles. The second kappa shape index (κ2) is 6.55. The molecule has 1 saturated heterocycles. The zero-order chi connectivity index (χ0) is 13.8. The second-order valence-electron chi connectivity index (χ2n) is 4.72. The zero-order valence-corrected chi connectivity index (χ0v) is 12.4. The highest BCUT2D eigenvalue weighted by Crippen LogP contribution is 2.19. The first-order chi connectivity index (χ1) is 9.06. The maximum atomic E-state index is 11.4. The number of pyridine rings is 1. The molecule has 0 saturated carbocycles. The molecule has 4 nitrogen and oxygen atoms in total. The SMILES string of the molecule is CC(=O)N1CCCN(Cc2ccc(Cl)nc2Cl)CC1. The minimum absolute atomic E-state index is 0.146. The van der Waals surface area contributed by atoms with Crippen LogP contribution in [0.1, 0.15) is 18.9 Å². The van der Waals surface area contributed by atoms with E-state index in [-0.39, 0.29) is 5.91 Å². The largest absolute Gasteiger partial charge is 0.342 e. The van der Waals surface area contributed by atoms with Gasteiger partial charge >= 0.3 is 0 Å². The highest BCUT2D eigenvalue weighted by molar-refractivity contribution is 6.32. The average Bonchev–Trinajstić information content (AvgIpc) is 2.58. The summed E-state index contributed by atoms with van der Waals surface area (Å²) in [6, 6.07) is 3.66. The van der Waals surface area contributed by atoms with Gasteiger partial charge in [0, 0.05) is 45.2 Å². The molecule has 1 aromatic rings. The van der Waals surface area contributed by atoms with Crippen molar-refractivity contribution in [3.8, 4) is 0 Å². The van der Waals surface area contributed by atoms with Crippen molar-refractivity contribution in [1.82, 2.24) is 14.8 Å². The number of hydrogen-bond acceptors (Lipinski definition) is 3. The molecule has 0 aliphatic carbocycles. The Morgan fingerprint density at radius 2 is 2.05 bits per heavy atom. The maximum Gasteiger partial charge on any atom is 0.219 e. The third kappa shape index (κ3) is 4.06. The van der Waals surface area contributed by atoms with Gasteiger partial charge in [0.2, 0.25) is 5.91 Å². The topological polar surface area (TPSA) is 36.4 Å². The molecule has 0 unspecified atom stereocenters. The van der Waals surface area contributed by atoms with Crippen LogP contribution in [-0.4, -0.2) is 46.9 Å². The lowest BCUT2D eigenvalue weighted by molar-refractivity contribution is -0.128. The molecule has 0 atom stereocenters. The second-order valence-corrected chi connectivity index (χ2v) is 5.46.